The molecule has 0 spiro atoms. The molecular formula is C16H13NO4. The van der Waals surface area contributed by atoms with E-state index in [4.69, 9.17) is 9.52 Å². The van der Waals surface area contributed by atoms with Crippen molar-refractivity contribution in [3.63, 3.8) is 0 Å². The van der Waals surface area contributed by atoms with Crippen LogP contribution in [0.15, 0.2) is 52.9 Å². The molecule has 21 heavy (non-hydrogen) atoms. The van der Waals surface area contributed by atoms with E-state index < -0.39 is 4.92 Å². The van der Waals surface area contributed by atoms with Crippen molar-refractivity contribution in [3.8, 4) is 11.1 Å². The van der Waals surface area contributed by atoms with Gasteiger partial charge in [-0.25, -0.2) is 0 Å². The number of nitro groups is 1. The van der Waals surface area contributed by atoms with Crippen LogP contribution in [0, 0.1) is 10.1 Å². The second-order valence-electron chi connectivity index (χ2n) is 4.67. The average Bonchev–Trinajstić information content (AvgIpc) is 2.89. The van der Waals surface area contributed by atoms with Gasteiger partial charge in [-0.15, -0.1) is 0 Å². The van der Waals surface area contributed by atoms with E-state index in [0.717, 1.165) is 11.1 Å². The van der Waals surface area contributed by atoms with Crippen LogP contribution >= 0.6 is 0 Å². The van der Waals surface area contributed by atoms with Crippen molar-refractivity contribution in [3.05, 3.63) is 64.2 Å². The Morgan fingerprint density at radius 1 is 1.10 bits per heavy atom. The Hall–Kier alpha value is -2.66. The first-order valence-corrected chi connectivity index (χ1v) is 6.57. The molecule has 2 aromatic carbocycles. The summed E-state index contributed by atoms with van der Waals surface area (Å²) in [5.74, 6) is -0.262. The molecule has 5 heteroatoms. The van der Waals surface area contributed by atoms with Gasteiger partial charge in [0.25, 0.3) is 0 Å². The first kappa shape index (κ1) is 13.3. The molecule has 5 nitrogen and oxygen atoms in total. The number of para-hydroxylation sites is 1. The van der Waals surface area contributed by atoms with Crippen LogP contribution in [0.1, 0.15) is 5.56 Å². The van der Waals surface area contributed by atoms with Crippen molar-refractivity contribution in [1.29, 1.82) is 0 Å². The molecule has 0 saturated carbocycles. The zero-order valence-electron chi connectivity index (χ0n) is 11.2. The highest BCUT2D eigenvalue weighted by atomic mass is 16.6. The smallest absolute Gasteiger partial charge is 0.400 e. The highest BCUT2D eigenvalue weighted by Gasteiger charge is 2.26. The van der Waals surface area contributed by atoms with Gasteiger partial charge >= 0.3 is 5.88 Å². The van der Waals surface area contributed by atoms with E-state index in [1.165, 1.54) is 0 Å². The second kappa shape index (κ2) is 5.38. The van der Waals surface area contributed by atoms with E-state index in [1.54, 1.807) is 12.1 Å². The second-order valence-corrected chi connectivity index (χ2v) is 4.67. The molecule has 1 aromatic heterocycles. The highest BCUT2D eigenvalue weighted by Crippen LogP contribution is 2.40. The van der Waals surface area contributed by atoms with Crippen LogP contribution in [0.3, 0.4) is 0 Å². The maximum atomic E-state index is 11.3. The Bertz CT molecular complexity index is 793. The molecule has 0 radical (unpaired) electrons. The van der Waals surface area contributed by atoms with Crippen molar-refractivity contribution in [1.82, 2.24) is 0 Å². The molecule has 0 bridgehead atoms. The van der Waals surface area contributed by atoms with Crippen LogP contribution in [-0.2, 0) is 6.42 Å². The zero-order valence-corrected chi connectivity index (χ0v) is 11.2. The van der Waals surface area contributed by atoms with Gasteiger partial charge in [0.05, 0.1) is 0 Å². The maximum Gasteiger partial charge on any atom is 0.442 e. The summed E-state index contributed by atoms with van der Waals surface area (Å²) in [6.45, 7) is -0.0335. The lowest BCUT2D eigenvalue weighted by molar-refractivity contribution is -0.400. The van der Waals surface area contributed by atoms with Crippen LogP contribution in [0.5, 0.6) is 0 Å². The molecule has 0 unspecified atom stereocenters. The summed E-state index contributed by atoms with van der Waals surface area (Å²) in [4.78, 5) is 10.8. The van der Waals surface area contributed by atoms with Gasteiger partial charge in [-0.3, -0.25) is 10.1 Å². The van der Waals surface area contributed by atoms with Gasteiger partial charge in [-0.05, 0) is 17.5 Å². The van der Waals surface area contributed by atoms with Gasteiger partial charge in [0, 0.05) is 12.0 Å². The fourth-order valence-electron chi connectivity index (χ4n) is 2.49. The summed E-state index contributed by atoms with van der Waals surface area (Å²) in [5, 5.41) is 21.1. The van der Waals surface area contributed by atoms with Crippen LogP contribution < -0.4 is 0 Å². The molecule has 0 aliphatic heterocycles. The number of fused-ring (bicyclic) bond motifs is 1. The van der Waals surface area contributed by atoms with E-state index in [2.05, 4.69) is 0 Å². The number of nitrogens with zero attached hydrogens (tertiary/aromatic N) is 1. The van der Waals surface area contributed by atoms with E-state index in [1.807, 2.05) is 36.4 Å². The minimum absolute atomic E-state index is 0.0335. The minimum Gasteiger partial charge on any atom is -0.400 e. The molecule has 3 rings (SSSR count). The third-order valence-corrected chi connectivity index (χ3v) is 3.39. The summed E-state index contributed by atoms with van der Waals surface area (Å²) in [6, 6.07) is 14.6. The van der Waals surface area contributed by atoms with Gasteiger partial charge in [-0.1, -0.05) is 48.5 Å². The first-order chi connectivity index (χ1) is 10.2. The first-order valence-electron chi connectivity index (χ1n) is 6.57. The molecule has 0 aliphatic rings. The number of aliphatic hydroxyl groups excluding tert-OH is 1. The van der Waals surface area contributed by atoms with Crippen molar-refractivity contribution in [2.45, 2.75) is 6.42 Å². The fourth-order valence-corrected chi connectivity index (χ4v) is 2.49. The number of hydrogen-bond acceptors (Lipinski definition) is 4. The predicted octanol–water partition coefficient (Wildman–Crippen LogP) is 3.54. The number of hydrogen-bond donors (Lipinski definition) is 1. The predicted molar refractivity (Wildman–Crippen MR) is 79.1 cm³/mol. The topological polar surface area (TPSA) is 76.5 Å². The van der Waals surface area contributed by atoms with Gasteiger partial charge in [0.2, 0.25) is 0 Å². The van der Waals surface area contributed by atoms with E-state index in [9.17, 15) is 10.1 Å². The summed E-state index contributed by atoms with van der Waals surface area (Å²) in [6.07, 6.45) is 0.399. The van der Waals surface area contributed by atoms with E-state index in [0.29, 0.717) is 23.0 Å². The van der Waals surface area contributed by atoms with Crippen LogP contribution in [0.2, 0.25) is 0 Å². The zero-order chi connectivity index (χ0) is 14.8. The van der Waals surface area contributed by atoms with Gasteiger partial charge < -0.3 is 9.52 Å². The van der Waals surface area contributed by atoms with Crippen LogP contribution in [0.25, 0.3) is 22.1 Å². The molecule has 3 aromatic rings. The Morgan fingerprint density at radius 3 is 2.52 bits per heavy atom. The fraction of sp³-hybridized carbons (Fsp3) is 0.125. The van der Waals surface area contributed by atoms with Crippen molar-refractivity contribution in [2.75, 3.05) is 6.61 Å². The lowest BCUT2D eigenvalue weighted by Crippen LogP contribution is -1.90. The average molecular weight is 283 g/mol. The van der Waals surface area contributed by atoms with Crippen molar-refractivity contribution < 1.29 is 14.4 Å². The van der Waals surface area contributed by atoms with E-state index >= 15 is 0 Å². The summed E-state index contributed by atoms with van der Waals surface area (Å²) < 4.78 is 5.49. The Labute approximate surface area is 120 Å². The lowest BCUT2D eigenvalue weighted by Gasteiger charge is -2.00. The third-order valence-electron chi connectivity index (χ3n) is 3.39. The summed E-state index contributed by atoms with van der Waals surface area (Å²) in [5.41, 5.74) is 2.46. The van der Waals surface area contributed by atoms with Crippen molar-refractivity contribution in [2.24, 2.45) is 0 Å². The maximum absolute atomic E-state index is 11.3. The van der Waals surface area contributed by atoms with Crippen molar-refractivity contribution >= 4 is 16.9 Å². The molecule has 0 aliphatic carbocycles. The molecule has 0 amide bonds. The number of rotatable bonds is 4. The molecule has 106 valence electrons. The molecule has 1 heterocycles. The number of benzene rings is 2. The SMILES string of the molecule is O=[N+]([O-])c1oc2c(CCO)cccc2c1-c1ccccc1. The normalized spacial score (nSPS) is 10.9. The molecule has 1 N–H and O–H groups in total. The number of furan rings is 1. The Balaban J connectivity index is 2.34. The van der Waals surface area contributed by atoms with Crippen LogP contribution in [-0.4, -0.2) is 16.6 Å². The van der Waals surface area contributed by atoms with E-state index in [-0.39, 0.29) is 12.5 Å². The largest absolute Gasteiger partial charge is 0.442 e. The highest BCUT2D eigenvalue weighted by molar-refractivity contribution is 5.99. The molecule has 0 atom stereocenters. The van der Waals surface area contributed by atoms with Gasteiger partial charge in [-0.2, -0.15) is 0 Å². The summed E-state index contributed by atoms with van der Waals surface area (Å²) >= 11 is 0. The summed E-state index contributed by atoms with van der Waals surface area (Å²) in [7, 11) is 0. The Morgan fingerprint density at radius 2 is 1.86 bits per heavy atom. The quantitative estimate of drug-likeness (QED) is 0.587. The number of aliphatic hydroxyl groups is 1. The molecule has 0 fully saturated rings. The monoisotopic (exact) mass is 283 g/mol. The third kappa shape index (κ3) is 2.28. The van der Waals surface area contributed by atoms with Gasteiger partial charge in [0.15, 0.2) is 0 Å². The standard InChI is InChI=1S/C16H13NO4/c18-10-9-12-7-4-8-13-14(11-5-2-1-3-6-11)16(17(19)20)21-15(12)13/h1-8,18H,9-10H2. The lowest BCUT2D eigenvalue weighted by atomic mass is 10.0. The van der Waals surface area contributed by atoms with Crippen LogP contribution in [0.4, 0.5) is 5.88 Å². The molecular weight excluding hydrogens is 270 g/mol. The minimum atomic E-state index is -0.509. The van der Waals surface area contributed by atoms with Gasteiger partial charge in [0.1, 0.15) is 16.1 Å². The molecule has 0 saturated heterocycles. The Kier molecular flexibility index (Phi) is 3.41.